The molecule has 0 unspecified atom stereocenters. The molecule has 1 saturated heterocycles. The molecule has 3 nitrogen and oxygen atoms in total. The summed E-state index contributed by atoms with van der Waals surface area (Å²) >= 11 is 0. The number of carbonyl (C=O) groups is 1. The van der Waals surface area contributed by atoms with Crippen molar-refractivity contribution in [2.24, 2.45) is 0 Å². The van der Waals surface area contributed by atoms with Crippen LogP contribution in [0, 0.1) is 0 Å². The minimum Gasteiger partial charge on any atom is -0.464 e. The molecule has 0 spiro atoms. The standard InChI is InChI=1S/C26H51NO2/c1-2-3-4-5-6-7-8-9-10-11-12-13-14-15-18-21-26(28)29-25-24-27-22-19-16-17-20-23-27/h2-25H2,1H3. The van der Waals surface area contributed by atoms with Crippen molar-refractivity contribution in [3.63, 3.8) is 0 Å². The van der Waals surface area contributed by atoms with Crippen LogP contribution in [0.25, 0.3) is 0 Å². The molecule has 0 aromatic rings. The maximum absolute atomic E-state index is 11.8. The lowest BCUT2D eigenvalue weighted by atomic mass is 10.0. The Morgan fingerprint density at radius 2 is 1.10 bits per heavy atom. The summed E-state index contributed by atoms with van der Waals surface area (Å²) in [6.45, 7) is 6.14. The maximum atomic E-state index is 11.8. The molecule has 0 aliphatic carbocycles. The number of esters is 1. The zero-order valence-corrected chi connectivity index (χ0v) is 19.7. The van der Waals surface area contributed by atoms with Gasteiger partial charge in [0.1, 0.15) is 6.61 Å². The van der Waals surface area contributed by atoms with Gasteiger partial charge in [-0.25, -0.2) is 0 Å². The van der Waals surface area contributed by atoms with Gasteiger partial charge in [0, 0.05) is 13.0 Å². The maximum Gasteiger partial charge on any atom is 0.305 e. The molecule has 0 aromatic carbocycles. The Bertz CT molecular complexity index is 351. The molecule has 1 aliphatic rings. The number of unbranched alkanes of at least 4 members (excludes halogenated alkanes) is 14. The molecule has 0 bridgehead atoms. The van der Waals surface area contributed by atoms with E-state index >= 15 is 0 Å². The normalized spacial score (nSPS) is 15.3. The van der Waals surface area contributed by atoms with Crippen LogP contribution in [-0.4, -0.2) is 37.1 Å². The quantitative estimate of drug-likeness (QED) is 0.162. The first-order valence-corrected chi connectivity index (χ1v) is 13.2. The monoisotopic (exact) mass is 409 g/mol. The van der Waals surface area contributed by atoms with Crippen molar-refractivity contribution < 1.29 is 9.53 Å². The zero-order valence-electron chi connectivity index (χ0n) is 19.7. The van der Waals surface area contributed by atoms with E-state index in [-0.39, 0.29) is 5.97 Å². The lowest BCUT2D eigenvalue weighted by Gasteiger charge is -2.19. The van der Waals surface area contributed by atoms with Crippen molar-refractivity contribution >= 4 is 5.97 Å². The number of rotatable bonds is 19. The van der Waals surface area contributed by atoms with Gasteiger partial charge in [0.2, 0.25) is 0 Å². The third kappa shape index (κ3) is 18.0. The zero-order chi connectivity index (χ0) is 20.8. The van der Waals surface area contributed by atoms with Crippen molar-refractivity contribution in [2.75, 3.05) is 26.2 Å². The van der Waals surface area contributed by atoms with Gasteiger partial charge < -0.3 is 4.74 Å². The highest BCUT2D eigenvalue weighted by Crippen LogP contribution is 2.14. The van der Waals surface area contributed by atoms with Crippen LogP contribution in [0.15, 0.2) is 0 Å². The van der Waals surface area contributed by atoms with Gasteiger partial charge in [0.25, 0.3) is 0 Å². The van der Waals surface area contributed by atoms with E-state index in [1.165, 1.54) is 129 Å². The third-order valence-corrected chi connectivity index (χ3v) is 6.35. The van der Waals surface area contributed by atoms with Gasteiger partial charge in [-0.05, 0) is 32.4 Å². The van der Waals surface area contributed by atoms with E-state index in [2.05, 4.69) is 11.8 Å². The first-order valence-electron chi connectivity index (χ1n) is 13.2. The van der Waals surface area contributed by atoms with Crippen LogP contribution in [0.3, 0.4) is 0 Å². The largest absolute Gasteiger partial charge is 0.464 e. The fourth-order valence-corrected chi connectivity index (χ4v) is 4.36. The number of ether oxygens (including phenoxy) is 1. The molecule has 1 aliphatic heterocycles. The Balaban J connectivity index is 1.75. The second kappa shape index (κ2) is 20.7. The summed E-state index contributed by atoms with van der Waals surface area (Å²) in [5.41, 5.74) is 0. The molecule has 3 heteroatoms. The fraction of sp³-hybridized carbons (Fsp3) is 0.962. The van der Waals surface area contributed by atoms with Crippen molar-refractivity contribution in [3.8, 4) is 0 Å². The van der Waals surface area contributed by atoms with E-state index < -0.39 is 0 Å². The molecule has 1 rings (SSSR count). The predicted molar refractivity (Wildman–Crippen MR) is 125 cm³/mol. The number of nitrogens with zero attached hydrogens (tertiary/aromatic N) is 1. The van der Waals surface area contributed by atoms with Gasteiger partial charge in [-0.1, -0.05) is 110 Å². The highest BCUT2D eigenvalue weighted by Gasteiger charge is 2.09. The first-order chi connectivity index (χ1) is 14.3. The summed E-state index contributed by atoms with van der Waals surface area (Å²) in [5.74, 6) is 0.00881. The van der Waals surface area contributed by atoms with Gasteiger partial charge in [-0.15, -0.1) is 0 Å². The predicted octanol–water partition coefficient (Wildman–Crippen LogP) is 7.67. The van der Waals surface area contributed by atoms with Crippen molar-refractivity contribution in [1.82, 2.24) is 4.90 Å². The lowest BCUT2D eigenvalue weighted by Crippen LogP contribution is -2.29. The van der Waals surface area contributed by atoms with Crippen LogP contribution in [0.1, 0.15) is 135 Å². The Labute approximate surface area is 182 Å². The van der Waals surface area contributed by atoms with Gasteiger partial charge in [-0.3, -0.25) is 9.69 Å². The highest BCUT2D eigenvalue weighted by atomic mass is 16.5. The molecule has 1 heterocycles. The van der Waals surface area contributed by atoms with Gasteiger partial charge >= 0.3 is 5.97 Å². The third-order valence-electron chi connectivity index (χ3n) is 6.35. The van der Waals surface area contributed by atoms with Crippen LogP contribution >= 0.6 is 0 Å². The van der Waals surface area contributed by atoms with E-state index in [4.69, 9.17) is 4.74 Å². The lowest BCUT2D eigenvalue weighted by molar-refractivity contribution is -0.144. The number of hydrogen-bond acceptors (Lipinski definition) is 3. The summed E-state index contributed by atoms with van der Waals surface area (Å²) < 4.78 is 5.42. The van der Waals surface area contributed by atoms with Crippen LogP contribution in [0.5, 0.6) is 0 Å². The Morgan fingerprint density at radius 1 is 0.655 bits per heavy atom. The SMILES string of the molecule is CCCCCCCCCCCCCCCCCC(=O)OCCN1CCCCCC1. The average molecular weight is 410 g/mol. The van der Waals surface area contributed by atoms with Gasteiger partial charge in [0.15, 0.2) is 0 Å². The minimum absolute atomic E-state index is 0.00881. The molecule has 0 aromatic heterocycles. The molecular formula is C26H51NO2. The second-order valence-electron chi connectivity index (χ2n) is 9.18. The Kier molecular flexibility index (Phi) is 18.9. The Morgan fingerprint density at radius 3 is 1.59 bits per heavy atom. The first kappa shape index (κ1) is 26.5. The fourth-order valence-electron chi connectivity index (χ4n) is 4.36. The minimum atomic E-state index is 0.00881. The van der Waals surface area contributed by atoms with E-state index in [1.54, 1.807) is 0 Å². The smallest absolute Gasteiger partial charge is 0.305 e. The molecule has 0 atom stereocenters. The summed E-state index contributed by atoms with van der Waals surface area (Å²) in [6.07, 6.45) is 26.3. The summed E-state index contributed by atoms with van der Waals surface area (Å²) in [6, 6.07) is 0. The van der Waals surface area contributed by atoms with Crippen LogP contribution in [0.4, 0.5) is 0 Å². The summed E-state index contributed by atoms with van der Waals surface area (Å²) in [5, 5.41) is 0. The van der Waals surface area contributed by atoms with E-state index in [1.807, 2.05) is 0 Å². The number of carbonyl (C=O) groups excluding carboxylic acids is 1. The topological polar surface area (TPSA) is 29.5 Å². The van der Waals surface area contributed by atoms with Gasteiger partial charge in [0.05, 0.1) is 0 Å². The van der Waals surface area contributed by atoms with E-state index in [0.29, 0.717) is 13.0 Å². The van der Waals surface area contributed by atoms with E-state index in [0.717, 1.165) is 13.0 Å². The molecule has 172 valence electrons. The molecule has 0 saturated carbocycles. The summed E-state index contributed by atoms with van der Waals surface area (Å²) in [7, 11) is 0. The average Bonchev–Trinajstić information content (AvgIpc) is 3.00. The summed E-state index contributed by atoms with van der Waals surface area (Å²) in [4.78, 5) is 14.3. The molecule has 0 radical (unpaired) electrons. The molecule has 0 amide bonds. The van der Waals surface area contributed by atoms with Crippen molar-refractivity contribution in [3.05, 3.63) is 0 Å². The van der Waals surface area contributed by atoms with Crippen molar-refractivity contribution in [1.29, 1.82) is 0 Å². The number of likely N-dealkylation sites (tertiary alicyclic amines) is 1. The van der Waals surface area contributed by atoms with Crippen molar-refractivity contribution in [2.45, 2.75) is 135 Å². The number of hydrogen-bond donors (Lipinski definition) is 0. The molecular weight excluding hydrogens is 358 g/mol. The molecule has 29 heavy (non-hydrogen) atoms. The molecule has 0 N–H and O–H groups in total. The second-order valence-corrected chi connectivity index (χ2v) is 9.18. The van der Waals surface area contributed by atoms with Crippen LogP contribution < -0.4 is 0 Å². The Hall–Kier alpha value is -0.570. The van der Waals surface area contributed by atoms with Gasteiger partial charge in [-0.2, -0.15) is 0 Å². The van der Waals surface area contributed by atoms with E-state index in [9.17, 15) is 4.79 Å². The van der Waals surface area contributed by atoms with Crippen LogP contribution in [0.2, 0.25) is 0 Å². The highest BCUT2D eigenvalue weighted by molar-refractivity contribution is 5.69. The van der Waals surface area contributed by atoms with Crippen LogP contribution in [-0.2, 0) is 9.53 Å². The molecule has 1 fully saturated rings.